The van der Waals surface area contributed by atoms with Crippen molar-refractivity contribution in [1.82, 2.24) is 20.2 Å². The number of amides is 1. The van der Waals surface area contributed by atoms with Crippen molar-refractivity contribution in [2.75, 3.05) is 12.4 Å². The van der Waals surface area contributed by atoms with Crippen LogP contribution in [0.3, 0.4) is 0 Å². The van der Waals surface area contributed by atoms with E-state index in [4.69, 9.17) is 0 Å². The molecule has 0 saturated carbocycles. The largest absolute Gasteiger partial charge is 0.465 e. The molecule has 0 bridgehead atoms. The van der Waals surface area contributed by atoms with Crippen LogP contribution < -0.4 is 5.32 Å². The number of carbonyl (C=O) groups is 2. The second-order valence-corrected chi connectivity index (χ2v) is 4.91. The van der Waals surface area contributed by atoms with Gasteiger partial charge < -0.3 is 10.1 Å². The smallest absolute Gasteiger partial charge is 0.339 e. The van der Waals surface area contributed by atoms with E-state index in [1.807, 2.05) is 0 Å². The van der Waals surface area contributed by atoms with Gasteiger partial charge in [-0.05, 0) is 40.8 Å². The molecule has 0 atom stereocenters. The van der Waals surface area contributed by atoms with Gasteiger partial charge in [0.2, 0.25) is 0 Å². The molecule has 0 aliphatic carbocycles. The van der Waals surface area contributed by atoms with Gasteiger partial charge in [0.1, 0.15) is 12.1 Å². The lowest BCUT2D eigenvalue weighted by atomic mass is 10.1. The fourth-order valence-electron chi connectivity index (χ4n) is 2.23. The van der Waals surface area contributed by atoms with E-state index in [1.54, 1.807) is 18.2 Å². The number of carbonyl (C=O) groups excluding carboxylic acids is 2. The van der Waals surface area contributed by atoms with Gasteiger partial charge in [0.25, 0.3) is 5.91 Å². The summed E-state index contributed by atoms with van der Waals surface area (Å²) < 4.78 is 19.6. The van der Waals surface area contributed by atoms with Crippen molar-refractivity contribution in [3.63, 3.8) is 0 Å². The van der Waals surface area contributed by atoms with Gasteiger partial charge >= 0.3 is 5.97 Å². The van der Waals surface area contributed by atoms with Crippen molar-refractivity contribution in [1.29, 1.82) is 0 Å². The maximum atomic E-state index is 13.6. The number of tetrazole rings is 1. The van der Waals surface area contributed by atoms with Crippen LogP contribution >= 0.6 is 0 Å². The van der Waals surface area contributed by atoms with Gasteiger partial charge in [-0.3, -0.25) is 4.79 Å². The fourth-order valence-corrected chi connectivity index (χ4v) is 2.23. The summed E-state index contributed by atoms with van der Waals surface area (Å²) in [6.07, 6.45) is 1.28. The predicted molar refractivity (Wildman–Crippen MR) is 84.8 cm³/mol. The van der Waals surface area contributed by atoms with Gasteiger partial charge in [0.05, 0.1) is 29.6 Å². The average molecular weight is 341 g/mol. The number of hydrogen-bond donors (Lipinski definition) is 1. The minimum Gasteiger partial charge on any atom is -0.465 e. The molecule has 0 saturated heterocycles. The van der Waals surface area contributed by atoms with Crippen LogP contribution in [0.25, 0.3) is 5.69 Å². The van der Waals surface area contributed by atoms with Crippen molar-refractivity contribution in [2.45, 2.75) is 0 Å². The number of rotatable bonds is 4. The van der Waals surface area contributed by atoms with Crippen LogP contribution in [0.15, 0.2) is 48.8 Å². The Morgan fingerprint density at radius 3 is 2.68 bits per heavy atom. The second kappa shape index (κ2) is 6.87. The summed E-state index contributed by atoms with van der Waals surface area (Å²) in [5.74, 6) is -1.82. The van der Waals surface area contributed by atoms with Crippen molar-refractivity contribution >= 4 is 17.6 Å². The molecule has 0 fully saturated rings. The second-order valence-electron chi connectivity index (χ2n) is 4.91. The maximum Gasteiger partial charge on any atom is 0.339 e. The van der Waals surface area contributed by atoms with Crippen LogP contribution in [0.1, 0.15) is 20.7 Å². The van der Waals surface area contributed by atoms with Gasteiger partial charge in [-0.15, -0.1) is 5.10 Å². The third-order valence-electron chi connectivity index (χ3n) is 3.38. The molecule has 0 aliphatic rings. The standard InChI is InChI=1S/C16H12FN5O3/c1-25-16(24)11-4-2-3-5-13(11)19-15(23)12-8-10(17)6-7-14(12)22-9-18-20-21-22/h2-9H,1H3,(H,19,23). The molecule has 9 heteroatoms. The Bertz CT molecular complexity index is 927. The van der Waals surface area contributed by atoms with Gasteiger partial charge in [-0.2, -0.15) is 4.68 Å². The van der Waals surface area contributed by atoms with Gasteiger partial charge in [0.15, 0.2) is 0 Å². The zero-order valence-corrected chi connectivity index (χ0v) is 13.0. The summed E-state index contributed by atoms with van der Waals surface area (Å²) in [6.45, 7) is 0. The maximum absolute atomic E-state index is 13.6. The number of methoxy groups -OCH3 is 1. The first-order valence-electron chi connectivity index (χ1n) is 7.11. The van der Waals surface area contributed by atoms with Gasteiger partial charge in [-0.1, -0.05) is 12.1 Å². The van der Waals surface area contributed by atoms with Crippen molar-refractivity contribution in [3.05, 3.63) is 65.7 Å². The van der Waals surface area contributed by atoms with Gasteiger partial charge in [0, 0.05) is 0 Å². The van der Waals surface area contributed by atoms with Crippen LogP contribution in [0, 0.1) is 5.82 Å². The van der Waals surface area contributed by atoms with Crippen LogP contribution in [0.5, 0.6) is 0 Å². The van der Waals surface area contributed by atoms with E-state index in [0.29, 0.717) is 5.69 Å². The van der Waals surface area contributed by atoms with Crippen molar-refractivity contribution < 1.29 is 18.7 Å². The first kappa shape index (κ1) is 16.2. The molecular weight excluding hydrogens is 329 g/mol. The first-order chi connectivity index (χ1) is 12.1. The van der Waals surface area contributed by atoms with Crippen molar-refractivity contribution in [2.24, 2.45) is 0 Å². The number of benzene rings is 2. The topological polar surface area (TPSA) is 99.0 Å². The number of aromatic nitrogens is 4. The van der Waals surface area contributed by atoms with E-state index in [9.17, 15) is 14.0 Å². The van der Waals surface area contributed by atoms with Gasteiger partial charge in [-0.25, -0.2) is 9.18 Å². The molecule has 0 aliphatic heterocycles. The van der Waals surface area contributed by atoms with E-state index < -0.39 is 17.7 Å². The monoisotopic (exact) mass is 341 g/mol. The molecule has 126 valence electrons. The third-order valence-corrected chi connectivity index (χ3v) is 3.38. The average Bonchev–Trinajstić information content (AvgIpc) is 3.16. The van der Waals surface area contributed by atoms with Crippen LogP contribution in [-0.2, 0) is 4.74 Å². The van der Waals surface area contributed by atoms with E-state index in [1.165, 1.54) is 36.3 Å². The Labute approximate surface area is 141 Å². The Morgan fingerprint density at radius 1 is 1.16 bits per heavy atom. The number of hydrogen-bond acceptors (Lipinski definition) is 6. The molecular formula is C16H12FN5O3. The number of para-hydroxylation sites is 1. The van der Waals surface area contributed by atoms with Crippen LogP contribution in [0.4, 0.5) is 10.1 Å². The van der Waals surface area contributed by atoms with E-state index >= 15 is 0 Å². The number of nitrogens with one attached hydrogen (secondary N) is 1. The SMILES string of the molecule is COC(=O)c1ccccc1NC(=O)c1cc(F)ccc1-n1cnnn1. The highest BCUT2D eigenvalue weighted by Crippen LogP contribution is 2.20. The molecule has 0 unspecified atom stereocenters. The zero-order chi connectivity index (χ0) is 17.8. The Hall–Kier alpha value is -3.62. The highest BCUT2D eigenvalue weighted by molar-refractivity contribution is 6.09. The van der Waals surface area contributed by atoms with Crippen LogP contribution in [-0.4, -0.2) is 39.2 Å². The molecule has 0 radical (unpaired) electrons. The predicted octanol–water partition coefficient (Wildman–Crippen LogP) is 1.84. The highest BCUT2D eigenvalue weighted by Gasteiger charge is 2.18. The minimum atomic E-state index is -0.624. The molecule has 25 heavy (non-hydrogen) atoms. The lowest BCUT2D eigenvalue weighted by molar-refractivity contribution is 0.0602. The molecule has 1 amide bonds. The molecule has 8 nitrogen and oxygen atoms in total. The Balaban J connectivity index is 1.98. The number of nitrogens with zero attached hydrogens (tertiary/aromatic N) is 4. The number of anilines is 1. The number of halogens is 1. The molecule has 0 spiro atoms. The van der Waals surface area contributed by atoms with E-state index in [-0.39, 0.29) is 16.8 Å². The molecule has 1 N–H and O–H groups in total. The summed E-state index contributed by atoms with van der Waals surface area (Å²) >= 11 is 0. The summed E-state index contributed by atoms with van der Waals surface area (Å²) in [5, 5.41) is 13.3. The molecule has 3 aromatic rings. The summed E-state index contributed by atoms with van der Waals surface area (Å²) in [5.41, 5.74) is 0.719. The molecule has 3 rings (SSSR count). The fraction of sp³-hybridized carbons (Fsp3) is 0.0625. The summed E-state index contributed by atoms with van der Waals surface area (Å²) in [7, 11) is 1.24. The molecule has 1 heterocycles. The number of ether oxygens (including phenoxy) is 1. The quantitative estimate of drug-likeness (QED) is 0.727. The summed E-state index contributed by atoms with van der Waals surface area (Å²) in [6, 6.07) is 9.97. The first-order valence-corrected chi connectivity index (χ1v) is 7.11. The zero-order valence-electron chi connectivity index (χ0n) is 13.0. The lowest BCUT2D eigenvalue weighted by Crippen LogP contribution is -2.18. The summed E-state index contributed by atoms with van der Waals surface area (Å²) in [4.78, 5) is 24.4. The Kier molecular flexibility index (Phi) is 4.46. The molecule has 1 aromatic heterocycles. The lowest BCUT2D eigenvalue weighted by Gasteiger charge is -2.12. The molecule has 2 aromatic carbocycles. The minimum absolute atomic E-state index is 0.00645. The third kappa shape index (κ3) is 3.34. The number of esters is 1. The normalized spacial score (nSPS) is 10.3. The van der Waals surface area contributed by atoms with Crippen LogP contribution in [0.2, 0.25) is 0 Å². The Morgan fingerprint density at radius 2 is 1.96 bits per heavy atom. The van der Waals surface area contributed by atoms with Crippen molar-refractivity contribution in [3.8, 4) is 5.69 Å². The highest BCUT2D eigenvalue weighted by atomic mass is 19.1. The van der Waals surface area contributed by atoms with E-state index in [0.717, 1.165) is 6.07 Å². The van der Waals surface area contributed by atoms with E-state index in [2.05, 4.69) is 25.6 Å².